The van der Waals surface area contributed by atoms with Gasteiger partial charge >= 0.3 is 0 Å². The maximum atomic E-state index is 4.58. The Bertz CT molecular complexity index is 540. The number of hydrogen-bond donors (Lipinski definition) is 2. The van der Waals surface area contributed by atoms with Gasteiger partial charge in [-0.15, -0.1) is 35.3 Å². The van der Waals surface area contributed by atoms with Crippen molar-refractivity contribution < 1.29 is 0 Å². The number of guanidine groups is 1. The topological polar surface area (TPSA) is 52.6 Å². The Balaban J connectivity index is 0.00000225. The van der Waals surface area contributed by atoms with Crippen molar-refractivity contribution >= 4 is 41.3 Å². The molecule has 0 unspecified atom stereocenters. The van der Waals surface area contributed by atoms with Gasteiger partial charge in [-0.1, -0.05) is 12.8 Å². The van der Waals surface area contributed by atoms with Crippen LogP contribution in [-0.2, 0) is 6.54 Å². The first-order valence-electron chi connectivity index (χ1n) is 9.30. The van der Waals surface area contributed by atoms with Crippen LogP contribution in [-0.4, -0.2) is 48.1 Å². The molecule has 2 heterocycles. The van der Waals surface area contributed by atoms with Crippen molar-refractivity contribution in [2.24, 2.45) is 4.99 Å². The molecule has 7 heteroatoms. The number of piperidine rings is 1. The van der Waals surface area contributed by atoms with Crippen LogP contribution in [0.3, 0.4) is 0 Å². The zero-order chi connectivity index (χ0) is 16.9. The number of hydrogen-bond acceptors (Lipinski definition) is 4. The lowest BCUT2D eigenvalue weighted by atomic mass is 10.0. The van der Waals surface area contributed by atoms with Crippen molar-refractivity contribution in [3.05, 3.63) is 15.6 Å². The number of aliphatic imine (C=N–C) groups is 1. The Morgan fingerprint density at radius 2 is 1.88 bits per heavy atom. The van der Waals surface area contributed by atoms with Crippen LogP contribution in [0.1, 0.15) is 54.1 Å². The number of likely N-dealkylation sites (tertiary alicyclic amines) is 1. The van der Waals surface area contributed by atoms with Crippen molar-refractivity contribution in [2.45, 2.75) is 71.0 Å². The highest BCUT2D eigenvalue weighted by atomic mass is 127. The molecule has 1 aliphatic carbocycles. The van der Waals surface area contributed by atoms with Gasteiger partial charge in [-0.2, -0.15) is 0 Å². The number of aromatic nitrogens is 1. The number of rotatable bonds is 4. The number of thiazole rings is 1. The monoisotopic (exact) mass is 477 g/mol. The van der Waals surface area contributed by atoms with E-state index in [9.17, 15) is 0 Å². The summed E-state index contributed by atoms with van der Waals surface area (Å²) in [6, 6.07) is 1.40. The minimum atomic E-state index is 0. The standard InChI is InChI=1S/C18H31N5S.HI/c1-13-14(2)24-17(21-13)12-20-18(19-3)22-15-8-10-23(11-9-15)16-6-4-5-7-16;/h15-16H,4-12H2,1-3H3,(H2,19,20,22);1H. The Kier molecular flexibility index (Phi) is 8.41. The summed E-state index contributed by atoms with van der Waals surface area (Å²) < 4.78 is 0. The maximum Gasteiger partial charge on any atom is 0.191 e. The van der Waals surface area contributed by atoms with Gasteiger partial charge in [-0.25, -0.2) is 4.98 Å². The molecule has 3 rings (SSSR count). The molecule has 25 heavy (non-hydrogen) atoms. The molecule has 0 amide bonds. The lowest BCUT2D eigenvalue weighted by molar-refractivity contribution is 0.150. The maximum absolute atomic E-state index is 4.58. The van der Waals surface area contributed by atoms with Crippen LogP contribution in [0.25, 0.3) is 0 Å². The van der Waals surface area contributed by atoms with Gasteiger partial charge in [-0.3, -0.25) is 4.99 Å². The van der Waals surface area contributed by atoms with Crippen LogP contribution < -0.4 is 10.6 Å². The molecule has 0 spiro atoms. The largest absolute Gasteiger partial charge is 0.354 e. The predicted molar refractivity (Wildman–Crippen MR) is 117 cm³/mol. The molecule has 0 atom stereocenters. The lowest BCUT2D eigenvalue weighted by Gasteiger charge is -2.36. The van der Waals surface area contributed by atoms with Crippen molar-refractivity contribution in [3.63, 3.8) is 0 Å². The molecule has 0 bridgehead atoms. The average Bonchev–Trinajstić information content (AvgIpc) is 3.23. The van der Waals surface area contributed by atoms with Crippen molar-refractivity contribution in [1.82, 2.24) is 20.5 Å². The highest BCUT2D eigenvalue weighted by molar-refractivity contribution is 14.0. The molecule has 2 fully saturated rings. The van der Waals surface area contributed by atoms with E-state index in [4.69, 9.17) is 0 Å². The molecular weight excluding hydrogens is 445 g/mol. The number of nitrogens with one attached hydrogen (secondary N) is 2. The Hall–Kier alpha value is -0.410. The summed E-state index contributed by atoms with van der Waals surface area (Å²) in [5.41, 5.74) is 1.14. The van der Waals surface area contributed by atoms with Gasteiger partial charge in [0.25, 0.3) is 0 Å². The van der Waals surface area contributed by atoms with E-state index >= 15 is 0 Å². The summed E-state index contributed by atoms with van der Waals surface area (Å²) in [5, 5.41) is 8.14. The van der Waals surface area contributed by atoms with E-state index in [1.807, 2.05) is 7.05 Å². The quantitative estimate of drug-likeness (QED) is 0.396. The number of nitrogens with zero attached hydrogens (tertiary/aromatic N) is 3. The van der Waals surface area contributed by atoms with Gasteiger partial charge in [0, 0.05) is 37.1 Å². The number of aryl methyl sites for hydroxylation is 2. The molecule has 0 aromatic carbocycles. The summed E-state index contributed by atoms with van der Waals surface area (Å²) in [6.07, 6.45) is 8.10. The molecule has 1 aromatic rings. The minimum absolute atomic E-state index is 0. The van der Waals surface area contributed by atoms with Crippen LogP contribution >= 0.6 is 35.3 Å². The van der Waals surface area contributed by atoms with E-state index in [-0.39, 0.29) is 24.0 Å². The van der Waals surface area contributed by atoms with Crippen LogP contribution in [0.4, 0.5) is 0 Å². The van der Waals surface area contributed by atoms with Crippen molar-refractivity contribution in [3.8, 4) is 0 Å². The zero-order valence-corrected chi connectivity index (χ0v) is 18.8. The first-order chi connectivity index (χ1) is 11.7. The van der Waals surface area contributed by atoms with E-state index in [1.54, 1.807) is 11.3 Å². The molecule has 2 N–H and O–H groups in total. The van der Waals surface area contributed by atoms with Crippen LogP contribution in [0.15, 0.2) is 4.99 Å². The second kappa shape index (κ2) is 10.1. The summed E-state index contributed by atoms with van der Waals surface area (Å²) in [5.74, 6) is 0.903. The summed E-state index contributed by atoms with van der Waals surface area (Å²) in [7, 11) is 1.85. The third kappa shape index (κ3) is 5.79. The second-order valence-corrected chi connectivity index (χ2v) is 8.36. The first-order valence-corrected chi connectivity index (χ1v) is 10.1. The Labute approximate surface area is 173 Å². The van der Waals surface area contributed by atoms with Gasteiger partial charge in [0.1, 0.15) is 5.01 Å². The van der Waals surface area contributed by atoms with E-state index in [1.165, 1.54) is 56.5 Å². The third-order valence-electron chi connectivity index (χ3n) is 5.41. The Morgan fingerprint density at radius 1 is 1.20 bits per heavy atom. The fraction of sp³-hybridized carbons (Fsp3) is 0.778. The fourth-order valence-corrected chi connectivity index (χ4v) is 4.71. The van der Waals surface area contributed by atoms with Crippen molar-refractivity contribution in [2.75, 3.05) is 20.1 Å². The lowest BCUT2D eigenvalue weighted by Crippen LogP contribution is -2.50. The highest BCUT2D eigenvalue weighted by Gasteiger charge is 2.27. The SMILES string of the molecule is CN=C(NCc1nc(C)c(C)s1)NC1CCN(C2CCCC2)CC1.I. The van der Waals surface area contributed by atoms with Gasteiger partial charge in [0.2, 0.25) is 0 Å². The minimum Gasteiger partial charge on any atom is -0.354 e. The van der Waals surface area contributed by atoms with E-state index in [0.717, 1.165) is 29.2 Å². The van der Waals surface area contributed by atoms with E-state index < -0.39 is 0 Å². The third-order valence-corrected chi connectivity index (χ3v) is 6.49. The smallest absolute Gasteiger partial charge is 0.191 e. The molecular formula is C18H32IN5S. The Morgan fingerprint density at radius 3 is 2.44 bits per heavy atom. The van der Waals surface area contributed by atoms with Crippen molar-refractivity contribution in [1.29, 1.82) is 0 Å². The van der Waals surface area contributed by atoms with Gasteiger partial charge in [0.05, 0.1) is 12.2 Å². The van der Waals surface area contributed by atoms with Crippen LogP contribution in [0.2, 0.25) is 0 Å². The summed E-state index contributed by atoms with van der Waals surface area (Å²) in [6.45, 7) is 7.40. The normalized spacial score (nSPS) is 20.5. The van der Waals surface area contributed by atoms with Gasteiger partial charge in [-0.05, 0) is 39.5 Å². The second-order valence-electron chi connectivity index (χ2n) is 7.07. The van der Waals surface area contributed by atoms with E-state index in [2.05, 4.69) is 39.4 Å². The van der Waals surface area contributed by atoms with E-state index in [0.29, 0.717) is 6.04 Å². The number of halogens is 1. The predicted octanol–water partition coefficient (Wildman–Crippen LogP) is 3.45. The summed E-state index contributed by atoms with van der Waals surface area (Å²) in [4.78, 5) is 13.0. The van der Waals surface area contributed by atoms with Gasteiger partial charge < -0.3 is 15.5 Å². The molecule has 1 saturated carbocycles. The molecule has 2 aliphatic rings. The van der Waals surface area contributed by atoms with Gasteiger partial charge in [0.15, 0.2) is 5.96 Å². The highest BCUT2D eigenvalue weighted by Crippen LogP contribution is 2.26. The van der Waals surface area contributed by atoms with Crippen LogP contribution in [0, 0.1) is 13.8 Å². The molecule has 142 valence electrons. The summed E-state index contributed by atoms with van der Waals surface area (Å²) >= 11 is 1.76. The molecule has 1 aliphatic heterocycles. The zero-order valence-electron chi connectivity index (χ0n) is 15.7. The average molecular weight is 477 g/mol. The first kappa shape index (κ1) is 20.9. The van der Waals surface area contributed by atoms with Crippen LogP contribution in [0.5, 0.6) is 0 Å². The molecule has 5 nitrogen and oxygen atoms in total. The molecule has 0 radical (unpaired) electrons. The molecule has 1 aromatic heterocycles. The molecule has 1 saturated heterocycles. The fourth-order valence-electron chi connectivity index (χ4n) is 3.84.